The summed E-state index contributed by atoms with van der Waals surface area (Å²) in [5.41, 5.74) is 1.82. The molecule has 8 nitrogen and oxygen atoms in total. The highest BCUT2D eigenvalue weighted by Crippen LogP contribution is 2.15. The molecule has 138 valence electrons. The van der Waals surface area contributed by atoms with Gasteiger partial charge in [0.2, 0.25) is 0 Å². The molecule has 0 fully saturated rings. The second kappa shape index (κ2) is 7.06. The topological polar surface area (TPSA) is 85.0 Å². The molecule has 1 aliphatic heterocycles. The van der Waals surface area contributed by atoms with Gasteiger partial charge in [0.25, 0.3) is 11.8 Å². The number of imidazole rings is 1. The zero-order chi connectivity index (χ0) is 18.8. The zero-order valence-electron chi connectivity index (χ0n) is 15.0. The number of nitrogens with one attached hydrogen (secondary N) is 1. The van der Waals surface area contributed by atoms with Crippen LogP contribution < -0.4 is 5.32 Å². The van der Waals surface area contributed by atoms with E-state index in [0.29, 0.717) is 37.6 Å². The lowest BCUT2D eigenvalue weighted by molar-refractivity contribution is 0.0701. The first-order valence-corrected chi connectivity index (χ1v) is 8.76. The first-order chi connectivity index (χ1) is 13.1. The molecule has 1 aliphatic rings. The number of pyridine rings is 1. The van der Waals surface area contributed by atoms with E-state index < -0.39 is 0 Å². The van der Waals surface area contributed by atoms with Crippen molar-refractivity contribution in [3.8, 4) is 0 Å². The molecule has 0 saturated carbocycles. The van der Waals surface area contributed by atoms with Crippen LogP contribution >= 0.6 is 0 Å². The van der Waals surface area contributed by atoms with Crippen molar-refractivity contribution in [3.05, 3.63) is 71.8 Å². The largest absolute Gasteiger partial charge is 0.347 e. The predicted octanol–water partition coefficient (Wildman–Crippen LogP) is 1.20. The summed E-state index contributed by atoms with van der Waals surface area (Å²) in [5, 5.41) is 2.89. The number of amides is 2. The van der Waals surface area contributed by atoms with E-state index in [1.165, 1.54) is 0 Å². The molecular formula is C19H20N6O2. The third-order valence-corrected chi connectivity index (χ3v) is 4.63. The molecule has 3 aromatic heterocycles. The quantitative estimate of drug-likeness (QED) is 0.754. The second-order valence-corrected chi connectivity index (χ2v) is 6.47. The van der Waals surface area contributed by atoms with Gasteiger partial charge in [-0.1, -0.05) is 6.07 Å². The van der Waals surface area contributed by atoms with Gasteiger partial charge >= 0.3 is 0 Å². The molecule has 4 heterocycles. The first kappa shape index (κ1) is 17.0. The monoisotopic (exact) mass is 364 g/mol. The number of carbonyl (C=O) groups excluding carboxylic acids is 2. The van der Waals surface area contributed by atoms with Crippen LogP contribution in [0.1, 0.15) is 32.5 Å². The molecule has 2 amide bonds. The predicted molar refractivity (Wildman–Crippen MR) is 97.8 cm³/mol. The van der Waals surface area contributed by atoms with Gasteiger partial charge in [0, 0.05) is 38.7 Å². The van der Waals surface area contributed by atoms with Crippen LogP contribution in [-0.4, -0.2) is 42.4 Å². The number of nitrogens with zero attached hydrogens (tertiary/aromatic N) is 5. The van der Waals surface area contributed by atoms with E-state index in [1.54, 1.807) is 39.9 Å². The Hall–Kier alpha value is -3.42. The molecule has 0 radical (unpaired) electrons. The average Bonchev–Trinajstić information content (AvgIpc) is 3.31. The van der Waals surface area contributed by atoms with Crippen molar-refractivity contribution in [2.24, 2.45) is 7.05 Å². The number of hydrogen-bond acceptors (Lipinski definition) is 4. The van der Waals surface area contributed by atoms with Crippen LogP contribution in [0.25, 0.3) is 0 Å². The molecule has 3 aromatic rings. The Morgan fingerprint density at radius 2 is 2.07 bits per heavy atom. The van der Waals surface area contributed by atoms with Gasteiger partial charge in [-0.25, -0.2) is 4.98 Å². The fraction of sp³-hybridized carbons (Fsp3) is 0.263. The summed E-state index contributed by atoms with van der Waals surface area (Å²) in [7, 11) is 1.83. The van der Waals surface area contributed by atoms with E-state index in [2.05, 4.69) is 15.3 Å². The number of rotatable bonds is 4. The smallest absolute Gasteiger partial charge is 0.272 e. The molecule has 0 aromatic carbocycles. The molecule has 27 heavy (non-hydrogen) atoms. The normalized spacial score (nSPS) is 13.3. The third kappa shape index (κ3) is 3.46. The Morgan fingerprint density at radius 3 is 2.81 bits per heavy atom. The molecule has 4 rings (SSSR count). The van der Waals surface area contributed by atoms with Gasteiger partial charge in [0.1, 0.15) is 17.2 Å². The maximum atomic E-state index is 12.6. The van der Waals surface area contributed by atoms with Gasteiger partial charge in [0.15, 0.2) is 0 Å². The Kier molecular flexibility index (Phi) is 4.45. The minimum absolute atomic E-state index is 0.0941. The molecule has 0 atom stereocenters. The van der Waals surface area contributed by atoms with Crippen LogP contribution in [0.4, 0.5) is 0 Å². The Bertz CT molecular complexity index is 975. The standard InChI is InChI=1S/C19H20N6O2/c1-23-8-4-6-16(23)18(26)21-11-14-12-24-9-10-25(13-17(24)22-14)19(27)15-5-2-3-7-20-15/h2-8,12H,9-11,13H2,1H3,(H,21,26). The van der Waals surface area contributed by atoms with Gasteiger partial charge in [-0.05, 0) is 24.3 Å². The fourth-order valence-corrected chi connectivity index (χ4v) is 3.18. The number of aromatic nitrogens is 4. The maximum Gasteiger partial charge on any atom is 0.272 e. The van der Waals surface area contributed by atoms with Crippen molar-refractivity contribution >= 4 is 11.8 Å². The minimum atomic E-state index is -0.138. The van der Waals surface area contributed by atoms with Crippen LogP contribution in [0, 0.1) is 0 Å². The lowest BCUT2D eigenvalue weighted by atomic mass is 10.3. The Labute approximate surface area is 156 Å². The first-order valence-electron chi connectivity index (χ1n) is 8.76. The molecule has 0 unspecified atom stereocenters. The molecule has 0 aliphatic carbocycles. The van der Waals surface area contributed by atoms with Gasteiger partial charge < -0.3 is 19.4 Å². The minimum Gasteiger partial charge on any atom is -0.347 e. The number of carbonyl (C=O) groups is 2. The van der Waals surface area contributed by atoms with Gasteiger partial charge in [-0.15, -0.1) is 0 Å². The van der Waals surface area contributed by atoms with E-state index in [0.717, 1.165) is 11.5 Å². The second-order valence-electron chi connectivity index (χ2n) is 6.47. The van der Waals surface area contributed by atoms with E-state index in [4.69, 9.17) is 0 Å². The third-order valence-electron chi connectivity index (χ3n) is 4.63. The van der Waals surface area contributed by atoms with Gasteiger partial charge in [0.05, 0.1) is 18.8 Å². The fourth-order valence-electron chi connectivity index (χ4n) is 3.18. The van der Waals surface area contributed by atoms with E-state index in [-0.39, 0.29) is 11.8 Å². The van der Waals surface area contributed by atoms with Crippen LogP contribution in [0.5, 0.6) is 0 Å². The molecule has 0 spiro atoms. The Morgan fingerprint density at radius 1 is 1.19 bits per heavy atom. The highest BCUT2D eigenvalue weighted by Gasteiger charge is 2.24. The summed E-state index contributed by atoms with van der Waals surface area (Å²) in [5.74, 6) is 0.581. The summed E-state index contributed by atoms with van der Waals surface area (Å²) in [6.45, 7) is 2.06. The maximum absolute atomic E-state index is 12.6. The molecule has 8 heteroatoms. The number of hydrogen-bond donors (Lipinski definition) is 1. The van der Waals surface area contributed by atoms with Gasteiger partial charge in [-0.2, -0.15) is 0 Å². The SMILES string of the molecule is Cn1cccc1C(=O)NCc1cn2c(n1)CN(C(=O)c1ccccn1)CC2. The van der Waals surface area contributed by atoms with Gasteiger partial charge in [-0.3, -0.25) is 14.6 Å². The Balaban J connectivity index is 1.41. The molecule has 1 N–H and O–H groups in total. The molecule has 0 bridgehead atoms. The summed E-state index contributed by atoms with van der Waals surface area (Å²) in [6, 6.07) is 8.91. The van der Waals surface area contributed by atoms with Crippen molar-refractivity contribution in [1.82, 2.24) is 29.3 Å². The number of aryl methyl sites for hydroxylation is 1. The van der Waals surface area contributed by atoms with Crippen molar-refractivity contribution < 1.29 is 9.59 Å². The zero-order valence-corrected chi connectivity index (χ0v) is 15.0. The summed E-state index contributed by atoms with van der Waals surface area (Å²) in [4.78, 5) is 35.2. The van der Waals surface area contributed by atoms with Crippen LogP contribution in [0.2, 0.25) is 0 Å². The van der Waals surface area contributed by atoms with Crippen molar-refractivity contribution in [3.63, 3.8) is 0 Å². The highest BCUT2D eigenvalue weighted by atomic mass is 16.2. The van der Waals surface area contributed by atoms with E-state index >= 15 is 0 Å². The summed E-state index contributed by atoms with van der Waals surface area (Å²) in [6.07, 6.45) is 5.38. The highest BCUT2D eigenvalue weighted by molar-refractivity contribution is 5.93. The summed E-state index contributed by atoms with van der Waals surface area (Å²) < 4.78 is 3.81. The van der Waals surface area contributed by atoms with Crippen molar-refractivity contribution in [1.29, 1.82) is 0 Å². The van der Waals surface area contributed by atoms with Crippen molar-refractivity contribution in [2.45, 2.75) is 19.6 Å². The molecular weight excluding hydrogens is 344 g/mol. The number of fused-ring (bicyclic) bond motifs is 1. The van der Waals surface area contributed by atoms with E-state index in [9.17, 15) is 9.59 Å². The van der Waals surface area contributed by atoms with Crippen molar-refractivity contribution in [2.75, 3.05) is 6.54 Å². The van der Waals surface area contributed by atoms with E-state index in [1.807, 2.05) is 30.1 Å². The lowest BCUT2D eigenvalue weighted by Crippen LogP contribution is -2.38. The lowest BCUT2D eigenvalue weighted by Gasteiger charge is -2.27. The van der Waals surface area contributed by atoms with Crippen LogP contribution in [0.3, 0.4) is 0 Å². The molecule has 0 saturated heterocycles. The van der Waals surface area contributed by atoms with Crippen LogP contribution in [0.15, 0.2) is 48.9 Å². The van der Waals surface area contributed by atoms with Crippen LogP contribution in [-0.2, 0) is 26.7 Å². The summed E-state index contributed by atoms with van der Waals surface area (Å²) >= 11 is 0. The average molecular weight is 364 g/mol.